The number of nitrogens with zero attached hydrogens (tertiary/aromatic N) is 5. The molecular formula is C19H36IN7O2. The smallest absolute Gasteiger partial charge is 0.241 e. The van der Waals surface area contributed by atoms with Crippen LogP contribution in [0.25, 0.3) is 0 Å². The Balaban J connectivity index is 0.00000420. The molecule has 1 aromatic heterocycles. The normalized spacial score (nSPS) is 15.0. The van der Waals surface area contributed by atoms with E-state index in [2.05, 4.69) is 32.5 Å². The minimum Gasteiger partial charge on any atom is -0.379 e. The van der Waals surface area contributed by atoms with Crippen LogP contribution in [0, 0.1) is 0 Å². The van der Waals surface area contributed by atoms with Gasteiger partial charge in [0.1, 0.15) is 0 Å². The van der Waals surface area contributed by atoms with Gasteiger partial charge in [-0.05, 0) is 19.4 Å². The van der Waals surface area contributed by atoms with E-state index in [1.807, 2.05) is 17.9 Å². The van der Waals surface area contributed by atoms with E-state index in [9.17, 15) is 4.79 Å². The topological polar surface area (TPSA) is 87.0 Å². The maximum atomic E-state index is 11.9. The van der Waals surface area contributed by atoms with Gasteiger partial charge in [0.05, 0.1) is 32.0 Å². The Morgan fingerprint density at radius 1 is 1.31 bits per heavy atom. The Morgan fingerprint density at radius 3 is 2.69 bits per heavy atom. The van der Waals surface area contributed by atoms with Crippen LogP contribution in [0.2, 0.25) is 0 Å². The number of rotatable bonds is 9. The molecule has 2 rings (SSSR count). The van der Waals surface area contributed by atoms with Crippen LogP contribution in [-0.2, 0) is 29.5 Å². The lowest BCUT2D eigenvalue weighted by Crippen LogP contribution is -2.44. The molecular weight excluding hydrogens is 485 g/mol. The number of amides is 1. The largest absolute Gasteiger partial charge is 0.379 e. The number of hydrogen-bond donors (Lipinski definition) is 2. The highest BCUT2D eigenvalue weighted by Gasteiger charge is 2.11. The second kappa shape index (κ2) is 13.8. The van der Waals surface area contributed by atoms with Gasteiger partial charge >= 0.3 is 0 Å². The molecule has 1 aliphatic heterocycles. The lowest BCUT2D eigenvalue weighted by atomic mass is 10.2. The Kier molecular flexibility index (Phi) is 12.2. The van der Waals surface area contributed by atoms with Gasteiger partial charge in [-0.15, -0.1) is 24.0 Å². The van der Waals surface area contributed by atoms with Gasteiger partial charge in [-0.25, -0.2) is 4.99 Å². The van der Waals surface area contributed by atoms with Gasteiger partial charge in [0.25, 0.3) is 0 Å². The molecule has 166 valence electrons. The average molecular weight is 521 g/mol. The SMILES string of the molecule is CCc1nn(C)cc1CN=C(NCCCN1CCOCC1)NCC(=O)N(C)C.I. The fraction of sp³-hybridized carbons (Fsp3) is 0.737. The van der Waals surface area contributed by atoms with E-state index in [0.717, 1.165) is 63.5 Å². The summed E-state index contributed by atoms with van der Waals surface area (Å²) in [5.41, 5.74) is 2.17. The van der Waals surface area contributed by atoms with Crippen LogP contribution < -0.4 is 10.6 Å². The second-order valence-electron chi connectivity index (χ2n) is 7.17. The first-order valence-corrected chi connectivity index (χ1v) is 10.0. The standard InChI is InChI=1S/C19H35N7O2.HI/c1-5-17-16(15-25(4)23-17)13-21-19(22-14-18(27)24(2)3)20-7-6-8-26-9-11-28-12-10-26;/h15H,5-14H2,1-4H3,(H2,20,21,22);1H. The number of ether oxygens (including phenoxy) is 1. The van der Waals surface area contributed by atoms with Crippen LogP contribution in [0.4, 0.5) is 0 Å². The number of aliphatic imine (C=N–C) groups is 1. The van der Waals surface area contributed by atoms with Crippen LogP contribution in [0.15, 0.2) is 11.2 Å². The number of halogens is 1. The highest BCUT2D eigenvalue weighted by atomic mass is 127. The molecule has 0 saturated carbocycles. The molecule has 1 aromatic rings. The molecule has 2 heterocycles. The monoisotopic (exact) mass is 521 g/mol. The fourth-order valence-electron chi connectivity index (χ4n) is 3.00. The van der Waals surface area contributed by atoms with E-state index < -0.39 is 0 Å². The lowest BCUT2D eigenvalue weighted by molar-refractivity contribution is -0.127. The van der Waals surface area contributed by atoms with Gasteiger partial charge < -0.3 is 20.3 Å². The molecule has 10 heteroatoms. The van der Waals surface area contributed by atoms with Crippen LogP contribution in [0.1, 0.15) is 24.6 Å². The third-order valence-electron chi connectivity index (χ3n) is 4.69. The van der Waals surface area contributed by atoms with Crippen LogP contribution >= 0.6 is 24.0 Å². The van der Waals surface area contributed by atoms with Crippen molar-refractivity contribution in [3.05, 3.63) is 17.5 Å². The Labute approximate surface area is 191 Å². The Morgan fingerprint density at radius 2 is 2.03 bits per heavy atom. The zero-order chi connectivity index (χ0) is 20.4. The van der Waals surface area contributed by atoms with E-state index in [1.165, 1.54) is 0 Å². The van der Waals surface area contributed by atoms with E-state index in [0.29, 0.717) is 12.5 Å². The minimum absolute atomic E-state index is 0. The quantitative estimate of drug-likeness (QED) is 0.213. The summed E-state index contributed by atoms with van der Waals surface area (Å²) < 4.78 is 7.20. The van der Waals surface area contributed by atoms with E-state index in [-0.39, 0.29) is 36.4 Å². The third kappa shape index (κ3) is 9.30. The van der Waals surface area contributed by atoms with Crippen molar-refractivity contribution in [3.8, 4) is 0 Å². The van der Waals surface area contributed by atoms with Crippen molar-refractivity contribution in [2.75, 3.05) is 60.0 Å². The van der Waals surface area contributed by atoms with E-state index in [1.54, 1.807) is 19.0 Å². The van der Waals surface area contributed by atoms with E-state index >= 15 is 0 Å². The summed E-state index contributed by atoms with van der Waals surface area (Å²) in [7, 11) is 5.42. The highest BCUT2D eigenvalue weighted by Crippen LogP contribution is 2.08. The molecule has 0 atom stereocenters. The molecule has 1 aliphatic rings. The summed E-state index contributed by atoms with van der Waals surface area (Å²) in [5.74, 6) is 0.668. The zero-order valence-electron chi connectivity index (χ0n) is 18.1. The summed E-state index contributed by atoms with van der Waals surface area (Å²) in [4.78, 5) is 20.6. The van der Waals surface area contributed by atoms with Crippen LogP contribution in [0.3, 0.4) is 0 Å². The first-order valence-electron chi connectivity index (χ1n) is 10.0. The number of guanidine groups is 1. The number of aromatic nitrogens is 2. The molecule has 1 saturated heterocycles. The predicted molar refractivity (Wildman–Crippen MR) is 126 cm³/mol. The van der Waals surface area contributed by atoms with Crippen molar-refractivity contribution >= 4 is 35.8 Å². The molecule has 0 bridgehead atoms. The van der Waals surface area contributed by atoms with Gasteiger partial charge in [0.2, 0.25) is 5.91 Å². The summed E-state index contributed by atoms with van der Waals surface area (Å²) >= 11 is 0. The molecule has 1 amide bonds. The maximum Gasteiger partial charge on any atom is 0.241 e. The second-order valence-corrected chi connectivity index (χ2v) is 7.17. The summed E-state index contributed by atoms with van der Waals surface area (Å²) in [6.45, 7) is 8.30. The summed E-state index contributed by atoms with van der Waals surface area (Å²) in [5, 5.41) is 11.0. The third-order valence-corrected chi connectivity index (χ3v) is 4.69. The van der Waals surface area contributed by atoms with Crippen molar-refractivity contribution in [1.82, 2.24) is 30.2 Å². The van der Waals surface area contributed by atoms with E-state index in [4.69, 9.17) is 4.74 Å². The van der Waals surface area contributed by atoms with Crippen molar-refractivity contribution in [2.45, 2.75) is 26.3 Å². The van der Waals surface area contributed by atoms with Gasteiger partial charge in [0, 0.05) is 52.5 Å². The minimum atomic E-state index is 0. The number of morpholine rings is 1. The van der Waals surface area contributed by atoms with Gasteiger partial charge in [-0.1, -0.05) is 6.92 Å². The summed E-state index contributed by atoms with van der Waals surface area (Å²) in [6.07, 6.45) is 3.89. The average Bonchev–Trinajstić information content (AvgIpc) is 3.06. The molecule has 9 nitrogen and oxygen atoms in total. The predicted octanol–water partition coefficient (Wildman–Crippen LogP) is 0.446. The van der Waals surface area contributed by atoms with Crippen molar-refractivity contribution in [1.29, 1.82) is 0 Å². The number of hydrogen-bond acceptors (Lipinski definition) is 5. The number of nitrogens with one attached hydrogen (secondary N) is 2. The van der Waals surface area contributed by atoms with Crippen molar-refractivity contribution < 1.29 is 9.53 Å². The molecule has 0 aromatic carbocycles. The number of aryl methyl sites for hydroxylation is 2. The van der Waals surface area contributed by atoms with Crippen LogP contribution in [0.5, 0.6) is 0 Å². The number of likely N-dealkylation sites (N-methyl/N-ethyl adjacent to an activating group) is 1. The van der Waals surface area contributed by atoms with Gasteiger partial charge in [-0.2, -0.15) is 5.10 Å². The van der Waals surface area contributed by atoms with Gasteiger partial charge in [-0.3, -0.25) is 14.4 Å². The lowest BCUT2D eigenvalue weighted by Gasteiger charge is -2.26. The molecule has 0 spiro atoms. The molecule has 2 N–H and O–H groups in total. The Hall–Kier alpha value is -1.40. The first-order chi connectivity index (χ1) is 13.5. The molecule has 29 heavy (non-hydrogen) atoms. The zero-order valence-corrected chi connectivity index (χ0v) is 20.4. The molecule has 1 fully saturated rings. The highest BCUT2D eigenvalue weighted by molar-refractivity contribution is 14.0. The number of carbonyl (C=O) groups excluding carboxylic acids is 1. The first kappa shape index (κ1) is 25.6. The maximum absolute atomic E-state index is 11.9. The van der Waals surface area contributed by atoms with Crippen LogP contribution in [-0.4, -0.2) is 91.5 Å². The van der Waals surface area contributed by atoms with Gasteiger partial charge in [0.15, 0.2) is 5.96 Å². The molecule has 0 radical (unpaired) electrons. The molecule has 0 aliphatic carbocycles. The Bertz CT molecular complexity index is 643. The summed E-state index contributed by atoms with van der Waals surface area (Å²) in [6, 6.07) is 0. The fourth-order valence-corrected chi connectivity index (χ4v) is 3.00. The number of carbonyl (C=O) groups is 1. The molecule has 0 unspecified atom stereocenters. The van der Waals surface area contributed by atoms with Crippen molar-refractivity contribution in [2.24, 2.45) is 12.0 Å². The van der Waals surface area contributed by atoms with Crippen molar-refractivity contribution in [3.63, 3.8) is 0 Å².